The highest BCUT2D eigenvalue weighted by atomic mass is 79.9. The highest BCUT2D eigenvalue weighted by molar-refractivity contribution is 9.10. The fourth-order valence-electron chi connectivity index (χ4n) is 3.63. The van der Waals surface area contributed by atoms with Crippen molar-refractivity contribution in [2.45, 2.75) is 46.1 Å². The summed E-state index contributed by atoms with van der Waals surface area (Å²) in [5.74, 6) is 0.960. The molecule has 0 unspecified atom stereocenters. The van der Waals surface area contributed by atoms with Crippen LogP contribution in [0.3, 0.4) is 0 Å². The van der Waals surface area contributed by atoms with Crippen molar-refractivity contribution in [1.29, 1.82) is 0 Å². The molecule has 1 heterocycles. The van der Waals surface area contributed by atoms with Gasteiger partial charge in [0.1, 0.15) is 5.82 Å². The molecule has 0 aliphatic heterocycles. The summed E-state index contributed by atoms with van der Waals surface area (Å²) in [6.07, 6.45) is 4.96. The molecule has 2 aromatic carbocycles. The first-order valence-corrected chi connectivity index (χ1v) is 12.5. The molecule has 0 aliphatic rings. The molecule has 0 radical (unpaired) electrons. The number of hydrogen-bond acceptors (Lipinski definition) is 7. The van der Waals surface area contributed by atoms with Crippen LogP contribution in [0.5, 0.6) is 11.5 Å². The Kier molecular flexibility index (Phi) is 9.41. The van der Waals surface area contributed by atoms with Gasteiger partial charge >= 0.3 is 5.97 Å². The maximum absolute atomic E-state index is 13.3. The molecule has 190 valence electrons. The average Bonchev–Trinajstić information content (AvgIpc) is 2.83. The minimum Gasteiger partial charge on any atom is -0.493 e. The third-order valence-corrected chi connectivity index (χ3v) is 5.60. The van der Waals surface area contributed by atoms with Crippen LogP contribution in [-0.4, -0.2) is 41.7 Å². The van der Waals surface area contributed by atoms with Gasteiger partial charge in [0.15, 0.2) is 18.1 Å². The van der Waals surface area contributed by atoms with Crippen LogP contribution in [0.15, 0.2) is 57.4 Å². The van der Waals surface area contributed by atoms with Crippen molar-refractivity contribution in [3.8, 4) is 11.5 Å². The number of hydrogen-bond donors (Lipinski definition) is 0. The Morgan fingerprint density at radius 2 is 2.06 bits per heavy atom. The lowest BCUT2D eigenvalue weighted by molar-refractivity contribution is -0.149. The SMILES string of the molecule is C=CCc1cc(C=Nn2c(CCC)nc3ccc(Br)cc3c2=O)cc(OC)c1OCC(=O)OC(C)C. The predicted molar refractivity (Wildman–Crippen MR) is 144 cm³/mol. The number of nitrogens with zero attached hydrogens (tertiary/aromatic N) is 3. The van der Waals surface area contributed by atoms with Gasteiger partial charge in [0.05, 0.1) is 30.3 Å². The zero-order valence-corrected chi connectivity index (χ0v) is 22.5. The first kappa shape index (κ1) is 27.1. The number of ether oxygens (including phenoxy) is 3. The van der Waals surface area contributed by atoms with Crippen LogP contribution in [0, 0.1) is 0 Å². The van der Waals surface area contributed by atoms with Crippen molar-refractivity contribution in [3.05, 3.63) is 74.8 Å². The standard InChI is InChI=1S/C27H30BrN3O5/c1-6-8-19-12-18(13-23(34-5)26(19)35-16-25(32)36-17(3)4)15-29-31-24(9-7-2)30-22-11-10-20(28)14-21(22)27(31)33/h6,10-15,17H,1,7-9,16H2,2-5H3. The number of allylic oxidation sites excluding steroid dienone is 1. The van der Waals surface area contributed by atoms with Crippen LogP contribution in [0.1, 0.15) is 44.1 Å². The molecule has 8 nitrogen and oxygen atoms in total. The first-order chi connectivity index (χ1) is 17.3. The summed E-state index contributed by atoms with van der Waals surface area (Å²) in [7, 11) is 1.52. The normalized spacial score (nSPS) is 11.3. The number of rotatable bonds is 11. The lowest BCUT2D eigenvalue weighted by Gasteiger charge is -2.16. The smallest absolute Gasteiger partial charge is 0.344 e. The zero-order chi connectivity index (χ0) is 26.2. The predicted octanol–water partition coefficient (Wildman–Crippen LogP) is 5.06. The lowest BCUT2D eigenvalue weighted by atomic mass is 10.1. The average molecular weight is 556 g/mol. The molecule has 0 saturated heterocycles. The maximum Gasteiger partial charge on any atom is 0.344 e. The molecule has 0 atom stereocenters. The van der Waals surface area contributed by atoms with Gasteiger partial charge in [0.2, 0.25) is 0 Å². The van der Waals surface area contributed by atoms with E-state index in [1.54, 1.807) is 38.3 Å². The van der Waals surface area contributed by atoms with Crippen LogP contribution in [-0.2, 0) is 22.4 Å². The van der Waals surface area contributed by atoms with E-state index < -0.39 is 5.97 Å². The van der Waals surface area contributed by atoms with Crippen LogP contribution < -0.4 is 15.0 Å². The molecule has 36 heavy (non-hydrogen) atoms. The minimum absolute atomic E-state index is 0.235. The Bertz CT molecular complexity index is 1350. The van der Waals surface area contributed by atoms with E-state index in [-0.39, 0.29) is 18.3 Å². The quantitative estimate of drug-likeness (QED) is 0.186. The number of fused-ring (bicyclic) bond motifs is 1. The van der Waals surface area contributed by atoms with E-state index in [0.717, 1.165) is 16.5 Å². The van der Waals surface area contributed by atoms with E-state index in [4.69, 9.17) is 14.2 Å². The zero-order valence-electron chi connectivity index (χ0n) is 20.9. The molecule has 1 aromatic heterocycles. The molecule has 0 amide bonds. The second kappa shape index (κ2) is 12.5. The first-order valence-electron chi connectivity index (χ1n) is 11.7. The van der Waals surface area contributed by atoms with E-state index in [2.05, 4.69) is 32.6 Å². The van der Waals surface area contributed by atoms with Crippen molar-refractivity contribution >= 4 is 39.0 Å². The van der Waals surface area contributed by atoms with Crippen molar-refractivity contribution in [3.63, 3.8) is 0 Å². The van der Waals surface area contributed by atoms with Crippen LogP contribution >= 0.6 is 15.9 Å². The molecule has 0 spiro atoms. The van der Waals surface area contributed by atoms with Gasteiger partial charge in [-0.3, -0.25) is 4.79 Å². The summed E-state index contributed by atoms with van der Waals surface area (Å²) >= 11 is 3.42. The van der Waals surface area contributed by atoms with Gasteiger partial charge in [0, 0.05) is 16.5 Å². The van der Waals surface area contributed by atoms with Crippen molar-refractivity contribution in [1.82, 2.24) is 9.66 Å². The molecular formula is C27H30BrN3O5. The van der Waals surface area contributed by atoms with Crippen LogP contribution in [0.2, 0.25) is 0 Å². The van der Waals surface area contributed by atoms with Crippen molar-refractivity contribution in [2.24, 2.45) is 5.10 Å². The maximum atomic E-state index is 13.3. The third kappa shape index (κ3) is 6.60. The minimum atomic E-state index is -0.472. The number of esters is 1. The van der Waals surface area contributed by atoms with Crippen LogP contribution in [0.4, 0.5) is 0 Å². The summed E-state index contributed by atoms with van der Waals surface area (Å²) < 4.78 is 18.6. The number of aromatic nitrogens is 2. The van der Waals surface area contributed by atoms with E-state index in [9.17, 15) is 9.59 Å². The Labute approximate surface area is 218 Å². The molecule has 3 rings (SSSR count). The second-order valence-electron chi connectivity index (χ2n) is 8.33. The van der Waals surface area contributed by atoms with E-state index in [1.807, 2.05) is 25.1 Å². The summed E-state index contributed by atoms with van der Waals surface area (Å²) in [6, 6.07) is 9.00. The van der Waals surface area contributed by atoms with E-state index in [1.165, 1.54) is 11.8 Å². The number of halogens is 1. The number of carbonyl (C=O) groups excluding carboxylic acids is 1. The van der Waals surface area contributed by atoms with Gasteiger partial charge in [-0.25, -0.2) is 9.78 Å². The van der Waals surface area contributed by atoms with Gasteiger partial charge in [0.25, 0.3) is 5.56 Å². The molecule has 0 aliphatic carbocycles. The topological polar surface area (TPSA) is 92.0 Å². The molecular weight excluding hydrogens is 526 g/mol. The number of aryl methyl sites for hydroxylation is 1. The number of methoxy groups -OCH3 is 1. The highest BCUT2D eigenvalue weighted by Gasteiger charge is 2.16. The fourth-order valence-corrected chi connectivity index (χ4v) is 3.99. The second-order valence-corrected chi connectivity index (χ2v) is 9.25. The van der Waals surface area contributed by atoms with Gasteiger partial charge in [-0.1, -0.05) is 28.9 Å². The summed E-state index contributed by atoms with van der Waals surface area (Å²) in [5.41, 5.74) is 1.82. The Morgan fingerprint density at radius 3 is 2.72 bits per heavy atom. The van der Waals surface area contributed by atoms with Gasteiger partial charge in [-0.2, -0.15) is 9.78 Å². The molecule has 9 heteroatoms. The third-order valence-electron chi connectivity index (χ3n) is 5.11. The van der Waals surface area contributed by atoms with Crippen molar-refractivity contribution < 1.29 is 19.0 Å². The summed E-state index contributed by atoms with van der Waals surface area (Å²) in [6.45, 7) is 9.13. The summed E-state index contributed by atoms with van der Waals surface area (Å²) in [4.78, 5) is 29.9. The van der Waals surface area contributed by atoms with Crippen molar-refractivity contribution in [2.75, 3.05) is 13.7 Å². The number of carbonyl (C=O) groups is 1. The molecule has 3 aromatic rings. The van der Waals surface area contributed by atoms with Crippen LogP contribution in [0.25, 0.3) is 10.9 Å². The molecule has 0 bridgehead atoms. The van der Waals surface area contributed by atoms with Gasteiger partial charge in [-0.15, -0.1) is 6.58 Å². The lowest BCUT2D eigenvalue weighted by Crippen LogP contribution is -2.22. The Balaban J connectivity index is 2.02. The highest BCUT2D eigenvalue weighted by Crippen LogP contribution is 2.33. The largest absolute Gasteiger partial charge is 0.493 e. The monoisotopic (exact) mass is 555 g/mol. The molecule has 0 saturated carbocycles. The number of benzene rings is 2. The molecule has 0 N–H and O–H groups in total. The molecule has 0 fully saturated rings. The van der Waals surface area contributed by atoms with E-state index in [0.29, 0.717) is 46.6 Å². The fraction of sp³-hybridized carbons (Fsp3) is 0.333. The Morgan fingerprint density at radius 1 is 1.28 bits per heavy atom. The van der Waals surface area contributed by atoms with Gasteiger partial charge in [-0.05, 0) is 62.6 Å². The van der Waals surface area contributed by atoms with E-state index >= 15 is 0 Å². The van der Waals surface area contributed by atoms with Gasteiger partial charge < -0.3 is 14.2 Å². The Hall–Kier alpha value is -3.46. The summed E-state index contributed by atoms with van der Waals surface area (Å²) in [5, 5.41) is 4.97.